The Bertz CT molecular complexity index is 480. The molecule has 18 heavy (non-hydrogen) atoms. The molecule has 2 aromatic rings. The molecule has 1 unspecified atom stereocenters. The minimum Gasteiger partial charge on any atom is -0.376 e. The summed E-state index contributed by atoms with van der Waals surface area (Å²) in [6, 6.07) is 8.92. The highest BCUT2D eigenvalue weighted by molar-refractivity contribution is 7.09. The van der Waals surface area contributed by atoms with Gasteiger partial charge in [0.25, 0.3) is 0 Å². The molecule has 0 radical (unpaired) electrons. The first-order valence-electron chi connectivity index (χ1n) is 6.23. The molecule has 1 heterocycles. The second-order valence-electron chi connectivity index (χ2n) is 5.56. The van der Waals surface area contributed by atoms with Gasteiger partial charge in [-0.3, -0.25) is 0 Å². The van der Waals surface area contributed by atoms with Crippen LogP contribution in [0.1, 0.15) is 44.3 Å². The zero-order valence-corrected chi connectivity index (χ0v) is 12.2. The van der Waals surface area contributed by atoms with Crippen LogP contribution in [0, 0.1) is 0 Å². The number of anilines is 1. The fourth-order valence-electron chi connectivity index (χ4n) is 1.83. The second kappa shape index (κ2) is 5.11. The summed E-state index contributed by atoms with van der Waals surface area (Å²) in [6.45, 7) is 8.82. The van der Waals surface area contributed by atoms with Crippen LogP contribution in [0.4, 0.5) is 5.69 Å². The van der Waals surface area contributed by atoms with Crippen LogP contribution in [0.2, 0.25) is 0 Å². The molecule has 0 aliphatic heterocycles. The highest BCUT2D eigenvalue weighted by Gasteiger charge is 2.13. The SMILES string of the molecule is CC(Nc1ccc(C(C)(C)C)cc1)c1nccs1. The minimum atomic E-state index is 0.208. The van der Waals surface area contributed by atoms with E-state index >= 15 is 0 Å². The van der Waals surface area contributed by atoms with Crippen LogP contribution in [0.25, 0.3) is 0 Å². The first kappa shape index (κ1) is 13.1. The number of nitrogens with one attached hydrogen (secondary N) is 1. The monoisotopic (exact) mass is 260 g/mol. The molecule has 0 amide bonds. The lowest BCUT2D eigenvalue weighted by Crippen LogP contribution is -2.11. The summed E-state index contributed by atoms with van der Waals surface area (Å²) >= 11 is 1.68. The van der Waals surface area contributed by atoms with E-state index in [1.165, 1.54) is 5.56 Å². The van der Waals surface area contributed by atoms with Crippen molar-refractivity contribution in [3.05, 3.63) is 46.4 Å². The van der Waals surface area contributed by atoms with Crippen LogP contribution < -0.4 is 5.32 Å². The van der Waals surface area contributed by atoms with Gasteiger partial charge < -0.3 is 5.32 Å². The topological polar surface area (TPSA) is 24.9 Å². The van der Waals surface area contributed by atoms with Crippen molar-refractivity contribution in [1.29, 1.82) is 0 Å². The van der Waals surface area contributed by atoms with Crippen molar-refractivity contribution < 1.29 is 0 Å². The van der Waals surface area contributed by atoms with Crippen molar-refractivity contribution in [2.24, 2.45) is 0 Å². The minimum absolute atomic E-state index is 0.208. The Morgan fingerprint density at radius 3 is 2.33 bits per heavy atom. The van der Waals surface area contributed by atoms with E-state index < -0.39 is 0 Å². The summed E-state index contributed by atoms with van der Waals surface area (Å²) in [7, 11) is 0. The van der Waals surface area contributed by atoms with Crippen LogP contribution in [0.5, 0.6) is 0 Å². The third kappa shape index (κ3) is 3.10. The van der Waals surface area contributed by atoms with Gasteiger partial charge in [-0.15, -0.1) is 11.3 Å². The molecule has 1 aromatic carbocycles. The Kier molecular flexibility index (Phi) is 3.71. The number of benzene rings is 1. The van der Waals surface area contributed by atoms with Gasteiger partial charge in [-0.25, -0.2) is 4.98 Å². The van der Waals surface area contributed by atoms with Crippen molar-refractivity contribution in [2.75, 3.05) is 5.32 Å². The largest absolute Gasteiger partial charge is 0.376 e. The third-order valence-corrected chi connectivity index (χ3v) is 3.91. The van der Waals surface area contributed by atoms with Crippen LogP contribution in [0.15, 0.2) is 35.8 Å². The van der Waals surface area contributed by atoms with E-state index in [-0.39, 0.29) is 11.5 Å². The van der Waals surface area contributed by atoms with Crippen LogP contribution >= 0.6 is 11.3 Å². The lowest BCUT2D eigenvalue weighted by Gasteiger charge is -2.20. The smallest absolute Gasteiger partial charge is 0.115 e. The van der Waals surface area contributed by atoms with E-state index in [0.717, 1.165) is 10.7 Å². The van der Waals surface area contributed by atoms with Gasteiger partial charge in [0.15, 0.2) is 0 Å². The van der Waals surface area contributed by atoms with Crippen LogP contribution in [-0.2, 0) is 5.41 Å². The van der Waals surface area contributed by atoms with E-state index in [2.05, 4.69) is 62.3 Å². The van der Waals surface area contributed by atoms with Gasteiger partial charge in [0, 0.05) is 17.3 Å². The van der Waals surface area contributed by atoms with Gasteiger partial charge in [0.2, 0.25) is 0 Å². The summed E-state index contributed by atoms with van der Waals surface area (Å²) in [5, 5.41) is 6.60. The van der Waals surface area contributed by atoms with E-state index in [1.54, 1.807) is 11.3 Å². The van der Waals surface area contributed by atoms with Crippen molar-refractivity contribution in [3.8, 4) is 0 Å². The molecule has 96 valence electrons. The molecule has 0 aliphatic rings. The number of hydrogen-bond donors (Lipinski definition) is 1. The summed E-state index contributed by atoms with van der Waals surface area (Å²) in [6.07, 6.45) is 1.85. The van der Waals surface area contributed by atoms with Crippen molar-refractivity contribution >= 4 is 17.0 Å². The van der Waals surface area contributed by atoms with Crippen molar-refractivity contribution in [1.82, 2.24) is 4.98 Å². The predicted octanol–water partition coefficient (Wildman–Crippen LogP) is 4.61. The standard InChI is InChI=1S/C15H20N2S/c1-11(14-16-9-10-18-14)17-13-7-5-12(6-8-13)15(2,3)4/h5-11,17H,1-4H3. The average Bonchev–Trinajstić information content (AvgIpc) is 2.82. The number of hydrogen-bond acceptors (Lipinski definition) is 3. The van der Waals surface area contributed by atoms with E-state index in [1.807, 2.05) is 11.6 Å². The highest BCUT2D eigenvalue weighted by Crippen LogP contribution is 2.25. The van der Waals surface area contributed by atoms with E-state index in [9.17, 15) is 0 Å². The molecule has 0 aliphatic carbocycles. The Balaban J connectivity index is 2.07. The summed E-state index contributed by atoms with van der Waals surface area (Å²) in [5.74, 6) is 0. The molecule has 0 spiro atoms. The maximum absolute atomic E-state index is 4.33. The summed E-state index contributed by atoms with van der Waals surface area (Å²) in [4.78, 5) is 4.33. The maximum Gasteiger partial charge on any atom is 0.115 e. The van der Waals surface area contributed by atoms with Crippen LogP contribution in [-0.4, -0.2) is 4.98 Å². The first-order chi connectivity index (χ1) is 8.47. The molecule has 1 atom stereocenters. The van der Waals surface area contributed by atoms with Crippen LogP contribution in [0.3, 0.4) is 0 Å². The highest BCUT2D eigenvalue weighted by atomic mass is 32.1. The number of aromatic nitrogens is 1. The van der Waals surface area contributed by atoms with Gasteiger partial charge in [0.1, 0.15) is 5.01 Å². The van der Waals surface area contributed by atoms with E-state index in [0.29, 0.717) is 0 Å². The van der Waals surface area contributed by atoms with Gasteiger partial charge in [-0.1, -0.05) is 32.9 Å². The Labute approximate surface area is 113 Å². The normalized spacial score (nSPS) is 13.3. The number of thiazole rings is 1. The van der Waals surface area contributed by atoms with Crippen molar-refractivity contribution in [3.63, 3.8) is 0 Å². The summed E-state index contributed by atoms with van der Waals surface area (Å²) in [5.41, 5.74) is 2.71. The molecule has 2 nitrogen and oxygen atoms in total. The zero-order valence-electron chi connectivity index (χ0n) is 11.4. The quantitative estimate of drug-likeness (QED) is 0.871. The Hall–Kier alpha value is -1.35. The number of nitrogens with zero attached hydrogens (tertiary/aromatic N) is 1. The lowest BCUT2D eigenvalue weighted by atomic mass is 9.87. The zero-order chi connectivity index (χ0) is 13.2. The molecular weight excluding hydrogens is 240 g/mol. The summed E-state index contributed by atoms with van der Waals surface area (Å²) < 4.78 is 0. The Morgan fingerprint density at radius 2 is 1.83 bits per heavy atom. The van der Waals surface area contributed by atoms with Gasteiger partial charge in [-0.05, 0) is 30.0 Å². The molecule has 2 rings (SSSR count). The molecule has 0 fully saturated rings. The predicted molar refractivity (Wildman–Crippen MR) is 79.3 cm³/mol. The second-order valence-corrected chi connectivity index (χ2v) is 6.49. The first-order valence-corrected chi connectivity index (χ1v) is 7.11. The fourth-order valence-corrected chi connectivity index (χ4v) is 2.47. The molecule has 1 aromatic heterocycles. The molecule has 0 bridgehead atoms. The fraction of sp³-hybridized carbons (Fsp3) is 0.400. The van der Waals surface area contributed by atoms with Crippen molar-refractivity contribution in [2.45, 2.75) is 39.2 Å². The molecule has 1 N–H and O–H groups in total. The number of rotatable bonds is 3. The Morgan fingerprint density at radius 1 is 1.17 bits per heavy atom. The third-order valence-electron chi connectivity index (χ3n) is 2.96. The van der Waals surface area contributed by atoms with Gasteiger partial charge >= 0.3 is 0 Å². The van der Waals surface area contributed by atoms with Gasteiger partial charge in [-0.2, -0.15) is 0 Å². The van der Waals surface area contributed by atoms with Gasteiger partial charge in [0.05, 0.1) is 6.04 Å². The van der Waals surface area contributed by atoms with E-state index in [4.69, 9.17) is 0 Å². The molecular formula is C15H20N2S. The molecule has 3 heteroatoms. The molecule has 0 saturated carbocycles. The molecule has 0 saturated heterocycles. The maximum atomic E-state index is 4.33. The lowest BCUT2D eigenvalue weighted by molar-refractivity contribution is 0.590. The average molecular weight is 260 g/mol.